The van der Waals surface area contributed by atoms with Crippen molar-refractivity contribution in [3.63, 3.8) is 0 Å². The molecule has 5 nitrogen and oxygen atoms in total. The number of aryl methyl sites for hydroxylation is 3. The number of benzene rings is 2. The summed E-state index contributed by atoms with van der Waals surface area (Å²) in [5.41, 5.74) is 4.66. The molecule has 0 aliphatic heterocycles. The van der Waals surface area contributed by atoms with E-state index in [2.05, 4.69) is 11.1 Å². The van der Waals surface area contributed by atoms with Gasteiger partial charge in [0, 0.05) is 5.56 Å². The number of carbonyl (C=O) groups excluding carboxylic acids is 2. The zero-order valence-corrected chi connectivity index (χ0v) is 16.0. The molecule has 6 heteroatoms. The Morgan fingerprint density at radius 3 is 2.42 bits per heavy atom. The highest BCUT2D eigenvalue weighted by atomic mass is 32.1. The first-order valence-electron chi connectivity index (χ1n) is 8.22. The Bertz CT molecular complexity index is 1060. The zero-order chi connectivity index (χ0) is 18.8. The van der Waals surface area contributed by atoms with Gasteiger partial charge in [-0.1, -0.05) is 35.1 Å². The van der Waals surface area contributed by atoms with Crippen LogP contribution in [0.2, 0.25) is 0 Å². The summed E-state index contributed by atoms with van der Waals surface area (Å²) in [6.45, 7) is 5.99. The van der Waals surface area contributed by atoms with Crippen LogP contribution in [-0.2, 0) is 16.1 Å². The number of thiazole rings is 1. The van der Waals surface area contributed by atoms with Gasteiger partial charge < -0.3 is 9.30 Å². The van der Waals surface area contributed by atoms with Crippen LogP contribution in [-0.4, -0.2) is 23.6 Å². The number of ether oxygens (including phenoxy) is 1. The number of esters is 1. The standard InChI is InChI=1S/C20H20N2O3S/c1-12-5-7-15(8-6-12)19(24)21-20-22(11-17(23)25-4)18-14(3)9-13(2)10-16(18)26-20/h5-10H,11H2,1-4H3. The van der Waals surface area contributed by atoms with Crippen molar-refractivity contribution in [1.29, 1.82) is 0 Å². The Hall–Kier alpha value is -2.73. The molecule has 0 radical (unpaired) electrons. The topological polar surface area (TPSA) is 60.7 Å². The van der Waals surface area contributed by atoms with Crippen LogP contribution in [0.5, 0.6) is 0 Å². The van der Waals surface area contributed by atoms with E-state index in [9.17, 15) is 9.59 Å². The minimum Gasteiger partial charge on any atom is -0.468 e. The van der Waals surface area contributed by atoms with Gasteiger partial charge in [0.15, 0.2) is 4.80 Å². The number of aromatic nitrogens is 1. The molecule has 0 N–H and O–H groups in total. The molecule has 0 atom stereocenters. The van der Waals surface area contributed by atoms with Gasteiger partial charge in [-0.25, -0.2) is 0 Å². The molecule has 0 fully saturated rings. The van der Waals surface area contributed by atoms with Gasteiger partial charge in [0.2, 0.25) is 0 Å². The predicted octanol–water partition coefficient (Wildman–Crippen LogP) is 3.54. The Morgan fingerprint density at radius 1 is 1.08 bits per heavy atom. The highest BCUT2D eigenvalue weighted by Crippen LogP contribution is 2.23. The normalized spacial score (nSPS) is 11.8. The summed E-state index contributed by atoms with van der Waals surface area (Å²) in [4.78, 5) is 29.2. The minimum atomic E-state index is -0.381. The Morgan fingerprint density at radius 2 is 1.77 bits per heavy atom. The third kappa shape index (κ3) is 3.60. The van der Waals surface area contributed by atoms with Crippen molar-refractivity contribution >= 4 is 33.4 Å². The zero-order valence-electron chi connectivity index (χ0n) is 15.2. The monoisotopic (exact) mass is 368 g/mol. The second-order valence-corrected chi connectivity index (χ2v) is 7.27. The molecule has 0 bridgehead atoms. The highest BCUT2D eigenvalue weighted by molar-refractivity contribution is 7.16. The molecule has 134 valence electrons. The summed E-state index contributed by atoms with van der Waals surface area (Å²) in [5, 5.41) is 0. The number of amides is 1. The summed E-state index contributed by atoms with van der Waals surface area (Å²) >= 11 is 1.40. The molecule has 0 aliphatic rings. The second kappa shape index (κ2) is 7.25. The van der Waals surface area contributed by atoms with E-state index < -0.39 is 0 Å². The molecule has 0 aliphatic carbocycles. The summed E-state index contributed by atoms with van der Waals surface area (Å²) in [6.07, 6.45) is 0. The lowest BCUT2D eigenvalue weighted by molar-refractivity contribution is -0.141. The van der Waals surface area contributed by atoms with E-state index in [4.69, 9.17) is 4.74 Å². The van der Waals surface area contributed by atoms with Gasteiger partial charge in [0.05, 0.1) is 17.3 Å². The molecule has 2 aromatic carbocycles. The Kier molecular flexibility index (Phi) is 5.04. The van der Waals surface area contributed by atoms with Crippen molar-refractivity contribution in [2.45, 2.75) is 27.3 Å². The van der Waals surface area contributed by atoms with Crippen molar-refractivity contribution < 1.29 is 14.3 Å². The van der Waals surface area contributed by atoms with E-state index >= 15 is 0 Å². The quantitative estimate of drug-likeness (QED) is 0.664. The van der Waals surface area contributed by atoms with E-state index in [0.29, 0.717) is 10.4 Å². The number of hydrogen-bond donors (Lipinski definition) is 0. The highest BCUT2D eigenvalue weighted by Gasteiger charge is 2.14. The van der Waals surface area contributed by atoms with E-state index in [1.807, 2.05) is 39.0 Å². The maximum atomic E-state index is 12.6. The van der Waals surface area contributed by atoms with Crippen LogP contribution in [0.25, 0.3) is 10.2 Å². The molecule has 1 heterocycles. The second-order valence-electron chi connectivity index (χ2n) is 6.26. The van der Waals surface area contributed by atoms with Crippen LogP contribution in [0.3, 0.4) is 0 Å². The number of hydrogen-bond acceptors (Lipinski definition) is 4. The molecule has 0 saturated heterocycles. The first-order chi connectivity index (χ1) is 12.4. The fraction of sp³-hybridized carbons (Fsp3) is 0.250. The molecule has 26 heavy (non-hydrogen) atoms. The maximum absolute atomic E-state index is 12.6. The van der Waals surface area contributed by atoms with Crippen molar-refractivity contribution in [2.24, 2.45) is 4.99 Å². The summed E-state index contributed by atoms with van der Waals surface area (Å²) in [6, 6.07) is 11.4. The largest absolute Gasteiger partial charge is 0.468 e. The number of carbonyl (C=O) groups is 2. The van der Waals surface area contributed by atoms with Gasteiger partial charge >= 0.3 is 5.97 Å². The molecule has 3 rings (SSSR count). The minimum absolute atomic E-state index is 0.0143. The predicted molar refractivity (Wildman–Crippen MR) is 102 cm³/mol. The summed E-state index contributed by atoms with van der Waals surface area (Å²) < 4.78 is 7.56. The van der Waals surface area contributed by atoms with Gasteiger partial charge in [-0.3, -0.25) is 9.59 Å². The van der Waals surface area contributed by atoms with E-state index in [1.165, 1.54) is 18.4 Å². The van der Waals surface area contributed by atoms with Crippen LogP contribution in [0.15, 0.2) is 41.4 Å². The Labute approximate surface area is 155 Å². The number of nitrogens with zero attached hydrogens (tertiary/aromatic N) is 2. The van der Waals surface area contributed by atoms with Crippen molar-refractivity contribution in [2.75, 3.05) is 7.11 Å². The maximum Gasteiger partial charge on any atom is 0.325 e. The smallest absolute Gasteiger partial charge is 0.325 e. The van der Waals surface area contributed by atoms with Crippen LogP contribution in [0.4, 0.5) is 0 Å². The van der Waals surface area contributed by atoms with Crippen LogP contribution in [0.1, 0.15) is 27.0 Å². The van der Waals surface area contributed by atoms with Gasteiger partial charge in [0.25, 0.3) is 5.91 Å². The van der Waals surface area contributed by atoms with Crippen LogP contribution in [0, 0.1) is 20.8 Å². The molecular weight excluding hydrogens is 348 g/mol. The molecule has 0 unspecified atom stereocenters. The van der Waals surface area contributed by atoms with Crippen molar-refractivity contribution in [1.82, 2.24) is 4.57 Å². The van der Waals surface area contributed by atoms with Crippen molar-refractivity contribution in [3.05, 3.63) is 63.5 Å². The molecule has 3 aromatic rings. The summed E-state index contributed by atoms with van der Waals surface area (Å²) in [5.74, 6) is -0.710. The third-order valence-corrected chi connectivity index (χ3v) is 5.15. The van der Waals surface area contributed by atoms with Gasteiger partial charge in [-0.05, 0) is 50.1 Å². The molecule has 0 saturated carbocycles. The van der Waals surface area contributed by atoms with Crippen LogP contribution < -0.4 is 4.80 Å². The Balaban J connectivity index is 2.18. The van der Waals surface area contributed by atoms with Crippen molar-refractivity contribution in [3.8, 4) is 0 Å². The van der Waals surface area contributed by atoms with Gasteiger partial charge in [-0.15, -0.1) is 0 Å². The lowest BCUT2D eigenvalue weighted by Gasteiger charge is -2.06. The third-order valence-electron chi connectivity index (χ3n) is 4.12. The number of rotatable bonds is 3. The number of methoxy groups -OCH3 is 1. The molecule has 1 aromatic heterocycles. The van der Waals surface area contributed by atoms with E-state index in [0.717, 1.165) is 26.9 Å². The average Bonchev–Trinajstić information content (AvgIpc) is 2.92. The average molecular weight is 368 g/mol. The fourth-order valence-electron chi connectivity index (χ4n) is 2.86. The first-order valence-corrected chi connectivity index (χ1v) is 9.04. The van der Waals surface area contributed by atoms with Crippen LogP contribution >= 0.6 is 11.3 Å². The first kappa shape index (κ1) is 18.1. The van der Waals surface area contributed by atoms with Gasteiger partial charge in [-0.2, -0.15) is 4.99 Å². The van der Waals surface area contributed by atoms with E-state index in [1.54, 1.807) is 16.7 Å². The fourth-order valence-corrected chi connectivity index (χ4v) is 4.07. The molecule has 0 spiro atoms. The van der Waals surface area contributed by atoms with E-state index in [-0.39, 0.29) is 18.4 Å². The molecule has 1 amide bonds. The SMILES string of the molecule is COC(=O)Cn1c(=NC(=O)c2ccc(C)cc2)sc2cc(C)cc(C)c21. The molecular formula is C20H20N2O3S. The number of fused-ring (bicyclic) bond motifs is 1. The van der Waals surface area contributed by atoms with Gasteiger partial charge in [0.1, 0.15) is 6.54 Å². The summed E-state index contributed by atoms with van der Waals surface area (Å²) in [7, 11) is 1.35. The lowest BCUT2D eigenvalue weighted by Crippen LogP contribution is -2.22. The lowest BCUT2D eigenvalue weighted by atomic mass is 10.1.